The van der Waals surface area contributed by atoms with Crippen molar-refractivity contribution in [3.63, 3.8) is 0 Å². The van der Waals surface area contributed by atoms with Crippen molar-refractivity contribution >= 4 is 34.0 Å². The summed E-state index contributed by atoms with van der Waals surface area (Å²) in [4.78, 5) is 22.4. The highest BCUT2D eigenvalue weighted by molar-refractivity contribution is 6.09. The maximum Gasteiger partial charge on any atom is 0.344 e. The van der Waals surface area contributed by atoms with Crippen LogP contribution in [0.2, 0.25) is 0 Å². The molecule has 148 valence electrons. The number of ether oxygens (including phenoxy) is 1. The number of carbonyl (C=O) groups is 1. The smallest absolute Gasteiger partial charge is 0.344 e. The molecule has 0 aliphatic carbocycles. The van der Waals surface area contributed by atoms with Crippen molar-refractivity contribution in [3.05, 3.63) is 59.7 Å². The van der Waals surface area contributed by atoms with Crippen molar-refractivity contribution in [1.29, 1.82) is 0 Å². The van der Waals surface area contributed by atoms with Crippen molar-refractivity contribution < 1.29 is 9.53 Å². The van der Waals surface area contributed by atoms with Crippen LogP contribution in [0.3, 0.4) is 0 Å². The fourth-order valence-electron chi connectivity index (χ4n) is 3.30. The Labute approximate surface area is 169 Å². The van der Waals surface area contributed by atoms with Gasteiger partial charge in [-0.25, -0.2) is 14.8 Å². The van der Waals surface area contributed by atoms with Crippen molar-refractivity contribution in [2.45, 2.75) is 27.2 Å². The molecule has 0 aliphatic heterocycles. The molecule has 0 amide bonds. The SMILES string of the molecule is CCC(C)COC(=O)c1c(N)n(-c2cccc(C)c2)c2nc3ccccc3nc12. The largest absolute Gasteiger partial charge is 0.462 e. The second-order valence-electron chi connectivity index (χ2n) is 7.43. The maximum atomic E-state index is 13.0. The highest BCUT2D eigenvalue weighted by Crippen LogP contribution is 2.31. The van der Waals surface area contributed by atoms with E-state index in [1.54, 1.807) is 4.57 Å². The van der Waals surface area contributed by atoms with Crippen molar-refractivity contribution in [1.82, 2.24) is 14.5 Å². The molecule has 6 nitrogen and oxygen atoms in total. The molecule has 0 spiro atoms. The van der Waals surface area contributed by atoms with E-state index >= 15 is 0 Å². The summed E-state index contributed by atoms with van der Waals surface area (Å²) < 4.78 is 7.33. The molecule has 2 aromatic heterocycles. The fourth-order valence-corrected chi connectivity index (χ4v) is 3.30. The number of fused-ring (bicyclic) bond motifs is 2. The lowest BCUT2D eigenvalue weighted by molar-refractivity contribution is 0.0450. The highest BCUT2D eigenvalue weighted by atomic mass is 16.5. The molecule has 2 heterocycles. The molecule has 1 unspecified atom stereocenters. The third-order valence-corrected chi connectivity index (χ3v) is 5.16. The molecule has 29 heavy (non-hydrogen) atoms. The Balaban J connectivity index is 1.96. The average molecular weight is 388 g/mol. The summed E-state index contributed by atoms with van der Waals surface area (Å²) in [5.74, 6) is 0.0936. The van der Waals surface area contributed by atoms with E-state index in [2.05, 4.69) is 6.92 Å². The van der Waals surface area contributed by atoms with Crippen molar-refractivity contribution in [3.8, 4) is 5.69 Å². The number of benzene rings is 2. The van der Waals surface area contributed by atoms with Crippen LogP contribution in [0.5, 0.6) is 0 Å². The molecule has 0 bridgehead atoms. The molecule has 0 radical (unpaired) electrons. The number of rotatable bonds is 5. The average Bonchev–Trinajstić information content (AvgIpc) is 3.00. The van der Waals surface area contributed by atoms with Crippen LogP contribution in [0, 0.1) is 12.8 Å². The number of anilines is 1. The number of aromatic nitrogens is 3. The molecule has 1 atom stereocenters. The van der Waals surface area contributed by atoms with Gasteiger partial charge in [-0.3, -0.25) is 4.57 Å². The van der Waals surface area contributed by atoms with E-state index in [1.165, 1.54) is 0 Å². The van der Waals surface area contributed by atoms with Gasteiger partial charge in [0, 0.05) is 5.69 Å². The van der Waals surface area contributed by atoms with Gasteiger partial charge in [0.25, 0.3) is 0 Å². The predicted octanol–water partition coefficient (Wildman–Crippen LogP) is 4.67. The molecular formula is C23H24N4O2. The van der Waals surface area contributed by atoms with Gasteiger partial charge in [0.2, 0.25) is 0 Å². The van der Waals surface area contributed by atoms with Crippen LogP contribution in [-0.4, -0.2) is 27.1 Å². The Hall–Kier alpha value is -3.41. The zero-order chi connectivity index (χ0) is 20.5. The summed E-state index contributed by atoms with van der Waals surface area (Å²) in [7, 11) is 0. The number of nitrogen functional groups attached to an aromatic ring is 1. The fraction of sp³-hybridized carbons (Fsp3) is 0.261. The Morgan fingerprint density at radius 3 is 2.55 bits per heavy atom. The van der Waals surface area contributed by atoms with Gasteiger partial charge >= 0.3 is 5.97 Å². The standard InChI is InChI=1S/C23H24N4O2/c1-4-14(2)13-29-23(28)19-20-22(26-18-11-6-5-10-17(18)25-20)27(21(19)24)16-9-7-8-15(3)12-16/h5-12,14H,4,13,24H2,1-3H3. The zero-order valence-corrected chi connectivity index (χ0v) is 16.8. The number of hydrogen-bond donors (Lipinski definition) is 1. The third-order valence-electron chi connectivity index (χ3n) is 5.16. The number of aryl methyl sites for hydroxylation is 1. The first-order chi connectivity index (χ1) is 14.0. The van der Waals surface area contributed by atoms with Gasteiger partial charge in [-0.05, 0) is 42.7 Å². The van der Waals surface area contributed by atoms with Crippen LogP contribution in [0.15, 0.2) is 48.5 Å². The van der Waals surface area contributed by atoms with Crippen LogP contribution in [-0.2, 0) is 4.74 Å². The van der Waals surface area contributed by atoms with E-state index in [9.17, 15) is 4.79 Å². The predicted molar refractivity (Wildman–Crippen MR) is 115 cm³/mol. The van der Waals surface area contributed by atoms with E-state index in [0.29, 0.717) is 23.3 Å². The van der Waals surface area contributed by atoms with E-state index < -0.39 is 5.97 Å². The van der Waals surface area contributed by atoms with Crippen LogP contribution in [0.25, 0.3) is 27.9 Å². The number of hydrogen-bond acceptors (Lipinski definition) is 5. The van der Waals surface area contributed by atoms with E-state index in [4.69, 9.17) is 20.4 Å². The summed E-state index contributed by atoms with van der Waals surface area (Å²) in [5, 5.41) is 0. The van der Waals surface area contributed by atoms with Gasteiger partial charge in [0.05, 0.1) is 17.6 Å². The topological polar surface area (TPSA) is 83.0 Å². The maximum absolute atomic E-state index is 13.0. The molecule has 0 saturated carbocycles. The van der Waals surface area contributed by atoms with Gasteiger partial charge in [-0.1, -0.05) is 44.5 Å². The first-order valence-electron chi connectivity index (χ1n) is 9.80. The zero-order valence-electron chi connectivity index (χ0n) is 16.8. The monoisotopic (exact) mass is 388 g/mol. The van der Waals surface area contributed by atoms with E-state index in [-0.39, 0.29) is 17.3 Å². The van der Waals surface area contributed by atoms with Gasteiger partial charge in [-0.2, -0.15) is 0 Å². The van der Waals surface area contributed by atoms with E-state index in [1.807, 2.05) is 62.4 Å². The molecule has 0 fully saturated rings. The summed E-state index contributed by atoms with van der Waals surface area (Å²) >= 11 is 0. The Morgan fingerprint density at radius 2 is 1.86 bits per heavy atom. The van der Waals surface area contributed by atoms with Crippen LogP contribution < -0.4 is 5.73 Å². The lowest BCUT2D eigenvalue weighted by Gasteiger charge is -2.10. The van der Waals surface area contributed by atoms with Crippen molar-refractivity contribution in [2.24, 2.45) is 5.92 Å². The van der Waals surface area contributed by atoms with E-state index in [0.717, 1.165) is 23.2 Å². The molecule has 6 heteroatoms. The molecule has 2 N–H and O–H groups in total. The van der Waals surface area contributed by atoms with Gasteiger partial charge in [0.1, 0.15) is 16.9 Å². The van der Waals surface area contributed by atoms with Crippen molar-refractivity contribution in [2.75, 3.05) is 12.3 Å². The van der Waals surface area contributed by atoms with Gasteiger partial charge < -0.3 is 10.5 Å². The second-order valence-corrected chi connectivity index (χ2v) is 7.43. The summed E-state index contributed by atoms with van der Waals surface area (Å²) in [6, 6.07) is 15.5. The highest BCUT2D eigenvalue weighted by Gasteiger charge is 2.26. The third kappa shape index (κ3) is 3.42. The number of nitrogens with zero attached hydrogens (tertiary/aromatic N) is 3. The summed E-state index contributed by atoms with van der Waals surface area (Å²) in [6.07, 6.45) is 0.929. The number of esters is 1. The molecule has 2 aromatic carbocycles. The minimum absolute atomic E-state index is 0.267. The normalized spacial score (nSPS) is 12.4. The van der Waals surface area contributed by atoms with Crippen LogP contribution in [0.4, 0.5) is 5.82 Å². The number of para-hydroxylation sites is 2. The molecule has 4 aromatic rings. The first kappa shape index (κ1) is 18.9. The molecular weight excluding hydrogens is 364 g/mol. The quantitative estimate of drug-likeness (QED) is 0.503. The molecule has 0 saturated heterocycles. The second kappa shape index (κ2) is 7.54. The Kier molecular flexibility index (Phi) is 4.92. The number of carbonyl (C=O) groups excluding carboxylic acids is 1. The summed E-state index contributed by atoms with van der Waals surface area (Å²) in [5.41, 5.74) is 11.1. The van der Waals surface area contributed by atoms with Crippen LogP contribution >= 0.6 is 0 Å². The number of nitrogens with two attached hydrogens (primary N) is 1. The summed E-state index contributed by atoms with van der Waals surface area (Å²) in [6.45, 7) is 6.45. The molecule has 4 rings (SSSR count). The molecule has 0 aliphatic rings. The Bertz CT molecular complexity index is 1210. The van der Waals surface area contributed by atoms with Gasteiger partial charge in [-0.15, -0.1) is 0 Å². The van der Waals surface area contributed by atoms with Crippen LogP contribution in [0.1, 0.15) is 36.2 Å². The lowest BCUT2D eigenvalue weighted by atomic mass is 10.1. The minimum Gasteiger partial charge on any atom is -0.462 e. The van der Waals surface area contributed by atoms with Gasteiger partial charge in [0.15, 0.2) is 5.65 Å². The Morgan fingerprint density at radius 1 is 1.14 bits per heavy atom. The first-order valence-corrected chi connectivity index (χ1v) is 9.80. The lowest BCUT2D eigenvalue weighted by Crippen LogP contribution is -2.13. The minimum atomic E-state index is -0.469.